The lowest BCUT2D eigenvalue weighted by molar-refractivity contribution is -0.130. The van der Waals surface area contributed by atoms with E-state index in [-0.39, 0.29) is 35.4 Å². The van der Waals surface area contributed by atoms with Crippen molar-refractivity contribution in [2.45, 2.75) is 71.0 Å². The lowest BCUT2D eigenvalue weighted by Gasteiger charge is -2.35. The maximum absolute atomic E-state index is 12.8. The first-order valence-corrected chi connectivity index (χ1v) is 10.3. The quantitative estimate of drug-likeness (QED) is 0.817. The number of likely N-dealkylation sites (tertiary alicyclic amines) is 2. The Bertz CT molecular complexity index is 524. The fourth-order valence-electron chi connectivity index (χ4n) is 4.85. The van der Waals surface area contributed by atoms with Crippen molar-refractivity contribution in [3.63, 3.8) is 0 Å². The average Bonchev–Trinajstić information content (AvgIpc) is 3.19. The highest BCUT2D eigenvalue weighted by molar-refractivity contribution is 5.83. The number of nitrogens with zero attached hydrogens (tertiary/aromatic N) is 3. The summed E-state index contributed by atoms with van der Waals surface area (Å²) in [6.07, 6.45) is 4.72. The van der Waals surface area contributed by atoms with Gasteiger partial charge in [0.25, 0.3) is 0 Å². The summed E-state index contributed by atoms with van der Waals surface area (Å²) >= 11 is 0. The molecule has 0 bridgehead atoms. The van der Waals surface area contributed by atoms with Crippen LogP contribution < -0.4 is 5.32 Å². The van der Waals surface area contributed by atoms with Crippen LogP contribution in [0.2, 0.25) is 0 Å². The summed E-state index contributed by atoms with van der Waals surface area (Å²) < 4.78 is 0. The standard InChI is InChI=1S/C20H36N4O2/c1-20(2,3)14-24-12-9-16-18(24)19(26)21-13-15(22(16)4)7-8-17(25)23-10-5-6-11-23/h15-16,18H,5-14H2,1-4H3,(H,21,26). The van der Waals surface area contributed by atoms with E-state index in [4.69, 9.17) is 0 Å². The van der Waals surface area contributed by atoms with Crippen molar-refractivity contribution in [1.82, 2.24) is 20.0 Å². The minimum absolute atomic E-state index is 0.0569. The average molecular weight is 365 g/mol. The number of likely N-dealkylation sites (N-methyl/N-ethyl adjacent to an activating group) is 1. The minimum atomic E-state index is -0.0569. The van der Waals surface area contributed by atoms with E-state index >= 15 is 0 Å². The van der Waals surface area contributed by atoms with Crippen LogP contribution in [0.15, 0.2) is 0 Å². The first-order valence-electron chi connectivity index (χ1n) is 10.3. The predicted octanol–water partition coefficient (Wildman–Crippen LogP) is 1.31. The van der Waals surface area contributed by atoms with Crippen molar-refractivity contribution in [3.05, 3.63) is 0 Å². The Morgan fingerprint density at radius 3 is 2.54 bits per heavy atom. The largest absolute Gasteiger partial charge is 0.353 e. The smallest absolute Gasteiger partial charge is 0.239 e. The van der Waals surface area contributed by atoms with Crippen molar-refractivity contribution in [1.29, 1.82) is 0 Å². The van der Waals surface area contributed by atoms with Gasteiger partial charge in [0, 0.05) is 51.2 Å². The zero-order valence-corrected chi connectivity index (χ0v) is 17.0. The zero-order valence-electron chi connectivity index (χ0n) is 17.0. The van der Waals surface area contributed by atoms with E-state index < -0.39 is 0 Å². The van der Waals surface area contributed by atoms with Gasteiger partial charge in [0.1, 0.15) is 6.04 Å². The van der Waals surface area contributed by atoms with Crippen molar-refractivity contribution < 1.29 is 9.59 Å². The van der Waals surface area contributed by atoms with Gasteiger partial charge in [-0.1, -0.05) is 20.8 Å². The summed E-state index contributed by atoms with van der Waals surface area (Å²) in [6, 6.07) is 0.445. The lowest BCUT2D eigenvalue weighted by atomic mass is 9.95. The Hall–Kier alpha value is -1.14. The second-order valence-electron chi connectivity index (χ2n) is 9.52. The normalized spacial score (nSPS) is 31.0. The first kappa shape index (κ1) is 19.6. The Morgan fingerprint density at radius 1 is 1.19 bits per heavy atom. The molecule has 0 radical (unpaired) electrons. The number of nitrogens with one attached hydrogen (secondary N) is 1. The Morgan fingerprint density at radius 2 is 1.88 bits per heavy atom. The molecule has 26 heavy (non-hydrogen) atoms. The minimum Gasteiger partial charge on any atom is -0.353 e. The number of carbonyl (C=O) groups is 2. The van der Waals surface area contributed by atoms with Crippen LogP contribution in [0.25, 0.3) is 0 Å². The van der Waals surface area contributed by atoms with Crippen LogP contribution in [0.1, 0.15) is 52.9 Å². The van der Waals surface area contributed by atoms with Gasteiger partial charge in [-0.3, -0.25) is 19.4 Å². The molecule has 3 aliphatic rings. The molecule has 3 rings (SSSR count). The molecular formula is C20H36N4O2. The second-order valence-corrected chi connectivity index (χ2v) is 9.52. The lowest BCUT2D eigenvalue weighted by Crippen LogP contribution is -2.51. The van der Waals surface area contributed by atoms with E-state index in [1.165, 1.54) is 0 Å². The van der Waals surface area contributed by atoms with Gasteiger partial charge in [-0.25, -0.2) is 0 Å². The number of fused-ring (bicyclic) bond motifs is 1. The molecule has 6 heteroatoms. The maximum atomic E-state index is 12.8. The molecular weight excluding hydrogens is 328 g/mol. The van der Waals surface area contributed by atoms with E-state index in [9.17, 15) is 9.59 Å². The van der Waals surface area contributed by atoms with E-state index in [0.717, 1.165) is 51.9 Å². The highest BCUT2D eigenvalue weighted by Gasteiger charge is 2.45. The molecule has 0 saturated carbocycles. The number of carbonyl (C=O) groups excluding carboxylic acids is 2. The van der Waals surface area contributed by atoms with Crippen LogP contribution in [-0.2, 0) is 9.59 Å². The summed E-state index contributed by atoms with van der Waals surface area (Å²) in [5, 5.41) is 3.16. The third-order valence-corrected chi connectivity index (χ3v) is 6.18. The molecule has 0 aromatic rings. The summed E-state index contributed by atoms with van der Waals surface area (Å²) in [5.41, 5.74) is 0.182. The van der Waals surface area contributed by atoms with Crippen LogP contribution in [-0.4, -0.2) is 84.4 Å². The predicted molar refractivity (Wildman–Crippen MR) is 103 cm³/mol. The van der Waals surface area contributed by atoms with Crippen LogP contribution in [0.4, 0.5) is 0 Å². The van der Waals surface area contributed by atoms with Crippen molar-refractivity contribution in [3.8, 4) is 0 Å². The molecule has 0 aromatic carbocycles. The zero-order chi connectivity index (χ0) is 18.9. The van der Waals surface area contributed by atoms with Gasteiger partial charge in [-0.05, 0) is 38.1 Å². The summed E-state index contributed by atoms with van der Waals surface area (Å²) in [4.78, 5) is 31.9. The topological polar surface area (TPSA) is 55.9 Å². The summed E-state index contributed by atoms with van der Waals surface area (Å²) in [7, 11) is 2.14. The third kappa shape index (κ3) is 4.39. The van der Waals surface area contributed by atoms with Gasteiger partial charge < -0.3 is 10.2 Å². The van der Waals surface area contributed by atoms with E-state index in [1.807, 2.05) is 4.90 Å². The van der Waals surface area contributed by atoms with Gasteiger partial charge >= 0.3 is 0 Å². The van der Waals surface area contributed by atoms with Crippen molar-refractivity contribution >= 4 is 11.8 Å². The fraction of sp³-hybridized carbons (Fsp3) is 0.900. The number of amides is 2. The van der Waals surface area contributed by atoms with Gasteiger partial charge in [0.05, 0.1) is 0 Å². The van der Waals surface area contributed by atoms with Crippen LogP contribution in [0, 0.1) is 5.41 Å². The molecule has 3 aliphatic heterocycles. The molecule has 1 N–H and O–H groups in total. The molecule has 3 heterocycles. The molecule has 0 spiro atoms. The van der Waals surface area contributed by atoms with Gasteiger partial charge in [0.2, 0.25) is 11.8 Å². The van der Waals surface area contributed by atoms with Crippen LogP contribution in [0.5, 0.6) is 0 Å². The molecule has 3 unspecified atom stereocenters. The molecule has 0 aromatic heterocycles. The van der Waals surface area contributed by atoms with E-state index in [0.29, 0.717) is 13.0 Å². The Kier molecular flexibility index (Phi) is 5.92. The van der Waals surface area contributed by atoms with Gasteiger partial charge in [-0.15, -0.1) is 0 Å². The summed E-state index contributed by atoms with van der Waals surface area (Å²) in [6.45, 7) is 11.1. The first-order chi connectivity index (χ1) is 12.3. The number of hydrogen-bond acceptors (Lipinski definition) is 4. The molecule has 6 nitrogen and oxygen atoms in total. The fourth-order valence-corrected chi connectivity index (χ4v) is 4.85. The molecule has 148 valence electrons. The van der Waals surface area contributed by atoms with Crippen molar-refractivity contribution in [2.24, 2.45) is 5.41 Å². The van der Waals surface area contributed by atoms with Crippen LogP contribution in [0.3, 0.4) is 0 Å². The van der Waals surface area contributed by atoms with Gasteiger partial charge in [-0.2, -0.15) is 0 Å². The van der Waals surface area contributed by atoms with Gasteiger partial charge in [0.15, 0.2) is 0 Å². The Balaban J connectivity index is 1.61. The van der Waals surface area contributed by atoms with E-state index in [1.54, 1.807) is 0 Å². The maximum Gasteiger partial charge on any atom is 0.239 e. The number of hydrogen-bond donors (Lipinski definition) is 1. The number of rotatable bonds is 4. The highest BCUT2D eigenvalue weighted by atomic mass is 16.2. The monoisotopic (exact) mass is 364 g/mol. The highest BCUT2D eigenvalue weighted by Crippen LogP contribution is 2.30. The van der Waals surface area contributed by atoms with E-state index in [2.05, 4.69) is 42.9 Å². The second kappa shape index (κ2) is 7.85. The molecule has 3 fully saturated rings. The molecule has 3 saturated heterocycles. The summed E-state index contributed by atoms with van der Waals surface area (Å²) in [5.74, 6) is 0.445. The van der Waals surface area contributed by atoms with Crippen molar-refractivity contribution in [2.75, 3.05) is 39.8 Å². The molecule has 3 atom stereocenters. The molecule has 2 amide bonds. The van der Waals surface area contributed by atoms with Crippen LogP contribution >= 0.6 is 0 Å². The molecule has 0 aliphatic carbocycles. The SMILES string of the molecule is CN1C(CCC(=O)N2CCCC2)CNC(=O)C2C1CCN2CC(C)(C)C. The third-order valence-electron chi connectivity index (χ3n) is 6.18. The Labute approximate surface area is 158 Å².